The summed E-state index contributed by atoms with van der Waals surface area (Å²) in [6, 6.07) is 9.63. The zero-order chi connectivity index (χ0) is 15.2. The summed E-state index contributed by atoms with van der Waals surface area (Å²) in [6.07, 6.45) is 3.34. The van der Waals surface area contributed by atoms with Crippen LogP contribution < -0.4 is 0 Å². The molecule has 118 valence electrons. The van der Waals surface area contributed by atoms with Crippen molar-refractivity contribution in [2.24, 2.45) is 0 Å². The topological polar surface area (TPSA) is 60.2 Å². The average Bonchev–Trinajstić information content (AvgIpc) is 3.07. The van der Waals surface area contributed by atoms with Crippen molar-refractivity contribution in [2.75, 3.05) is 32.0 Å². The lowest BCUT2D eigenvalue weighted by Crippen LogP contribution is -2.45. The van der Waals surface area contributed by atoms with Gasteiger partial charge >= 0.3 is 0 Å². The van der Waals surface area contributed by atoms with E-state index < -0.39 is 10.8 Å². The highest BCUT2D eigenvalue weighted by Crippen LogP contribution is 2.09. The summed E-state index contributed by atoms with van der Waals surface area (Å²) < 4.78 is 19.8. The van der Waals surface area contributed by atoms with Gasteiger partial charge in [0, 0.05) is 30.3 Å². The molecule has 0 bridgehead atoms. The molecule has 1 aliphatic rings. The van der Waals surface area contributed by atoms with Gasteiger partial charge in [-0.3, -0.25) is 13.8 Å². The molecule has 1 aromatic carbocycles. The highest BCUT2D eigenvalue weighted by molar-refractivity contribution is 7.85. The zero-order valence-corrected chi connectivity index (χ0v) is 13.2. The lowest BCUT2D eigenvalue weighted by atomic mass is 10.2. The Morgan fingerprint density at radius 1 is 1.32 bits per heavy atom. The summed E-state index contributed by atoms with van der Waals surface area (Å²) in [6.45, 7) is 3.96. The molecule has 0 unspecified atom stereocenters. The van der Waals surface area contributed by atoms with Crippen LogP contribution in [0.2, 0.25) is 0 Å². The zero-order valence-electron chi connectivity index (χ0n) is 12.4. The van der Waals surface area contributed by atoms with Crippen LogP contribution in [-0.4, -0.2) is 62.0 Å². The molecule has 3 rings (SSSR count). The van der Waals surface area contributed by atoms with E-state index in [9.17, 15) is 4.21 Å². The Labute approximate surface area is 132 Å². The number of hydrogen-bond acceptors (Lipinski definition) is 5. The summed E-state index contributed by atoms with van der Waals surface area (Å²) in [7, 11) is -0.938. The molecular formula is C15H20N4O2S. The van der Waals surface area contributed by atoms with E-state index in [1.54, 1.807) is 11.0 Å². The van der Waals surface area contributed by atoms with Crippen LogP contribution in [-0.2, 0) is 22.1 Å². The van der Waals surface area contributed by atoms with Gasteiger partial charge in [0.1, 0.15) is 12.7 Å². The summed E-state index contributed by atoms with van der Waals surface area (Å²) in [5.41, 5.74) is 0. The molecule has 6 nitrogen and oxygen atoms in total. The lowest BCUT2D eigenvalue weighted by Gasteiger charge is -2.32. The van der Waals surface area contributed by atoms with Crippen LogP contribution >= 0.6 is 0 Å². The SMILES string of the molecule is O=[S@](CCN1CCO[C@@H](Cn2cncn2)C1)c1ccccc1. The van der Waals surface area contributed by atoms with Crippen molar-refractivity contribution in [3.05, 3.63) is 43.0 Å². The second kappa shape index (κ2) is 7.62. The molecule has 7 heteroatoms. The maximum atomic E-state index is 12.3. The van der Waals surface area contributed by atoms with Crippen LogP contribution in [0.25, 0.3) is 0 Å². The third kappa shape index (κ3) is 4.22. The second-order valence-electron chi connectivity index (χ2n) is 5.27. The van der Waals surface area contributed by atoms with E-state index in [0.29, 0.717) is 18.9 Å². The fraction of sp³-hybridized carbons (Fsp3) is 0.467. The number of benzene rings is 1. The first-order valence-corrected chi connectivity index (χ1v) is 8.73. The maximum absolute atomic E-state index is 12.3. The molecule has 0 aliphatic carbocycles. The normalized spacial score (nSPS) is 20.8. The highest BCUT2D eigenvalue weighted by Gasteiger charge is 2.21. The van der Waals surface area contributed by atoms with Crippen LogP contribution in [0.5, 0.6) is 0 Å². The molecule has 0 amide bonds. The summed E-state index contributed by atoms with van der Waals surface area (Å²) in [5, 5.41) is 4.11. The van der Waals surface area contributed by atoms with E-state index in [0.717, 1.165) is 24.5 Å². The van der Waals surface area contributed by atoms with Gasteiger partial charge in [0.25, 0.3) is 0 Å². The van der Waals surface area contributed by atoms with Gasteiger partial charge < -0.3 is 4.74 Å². The maximum Gasteiger partial charge on any atom is 0.137 e. The van der Waals surface area contributed by atoms with Crippen LogP contribution in [0.3, 0.4) is 0 Å². The van der Waals surface area contributed by atoms with Crippen LogP contribution in [0.1, 0.15) is 0 Å². The molecule has 2 aromatic rings. The van der Waals surface area contributed by atoms with Crippen molar-refractivity contribution in [3.63, 3.8) is 0 Å². The first-order chi connectivity index (χ1) is 10.8. The van der Waals surface area contributed by atoms with Gasteiger partial charge in [-0.25, -0.2) is 4.98 Å². The fourth-order valence-corrected chi connectivity index (χ4v) is 3.65. The quantitative estimate of drug-likeness (QED) is 0.787. The Morgan fingerprint density at radius 3 is 2.95 bits per heavy atom. The number of nitrogens with zero attached hydrogens (tertiary/aromatic N) is 4. The van der Waals surface area contributed by atoms with E-state index in [1.807, 2.05) is 30.3 Å². The van der Waals surface area contributed by atoms with Crippen molar-refractivity contribution in [1.29, 1.82) is 0 Å². The Hall–Kier alpha value is -1.57. The smallest absolute Gasteiger partial charge is 0.137 e. The largest absolute Gasteiger partial charge is 0.374 e. The predicted molar refractivity (Wildman–Crippen MR) is 83.9 cm³/mol. The van der Waals surface area contributed by atoms with Crippen molar-refractivity contribution < 1.29 is 8.95 Å². The molecule has 1 saturated heterocycles. The molecule has 1 aromatic heterocycles. The minimum Gasteiger partial charge on any atom is -0.374 e. The summed E-state index contributed by atoms with van der Waals surface area (Å²) in [5.74, 6) is 0.653. The van der Waals surface area contributed by atoms with E-state index in [4.69, 9.17) is 4.74 Å². The number of hydrogen-bond donors (Lipinski definition) is 0. The van der Waals surface area contributed by atoms with Gasteiger partial charge in [0.2, 0.25) is 0 Å². The molecular weight excluding hydrogens is 300 g/mol. The number of rotatable bonds is 6. The van der Waals surface area contributed by atoms with E-state index in [-0.39, 0.29) is 6.10 Å². The lowest BCUT2D eigenvalue weighted by molar-refractivity contribution is -0.0355. The number of ether oxygens (including phenoxy) is 1. The molecule has 22 heavy (non-hydrogen) atoms. The van der Waals surface area contributed by atoms with Gasteiger partial charge in [-0.2, -0.15) is 5.10 Å². The van der Waals surface area contributed by atoms with Crippen molar-refractivity contribution in [1.82, 2.24) is 19.7 Å². The van der Waals surface area contributed by atoms with Crippen LogP contribution in [0, 0.1) is 0 Å². The van der Waals surface area contributed by atoms with E-state index in [2.05, 4.69) is 15.0 Å². The summed E-state index contributed by atoms with van der Waals surface area (Å²) in [4.78, 5) is 7.15. The molecule has 1 aliphatic heterocycles. The molecule has 0 N–H and O–H groups in total. The van der Waals surface area contributed by atoms with Crippen LogP contribution in [0.15, 0.2) is 47.9 Å². The van der Waals surface area contributed by atoms with Gasteiger partial charge in [-0.05, 0) is 12.1 Å². The Balaban J connectivity index is 1.47. The molecule has 2 heterocycles. The van der Waals surface area contributed by atoms with E-state index in [1.165, 1.54) is 6.33 Å². The second-order valence-corrected chi connectivity index (χ2v) is 6.84. The minimum atomic E-state index is -0.938. The summed E-state index contributed by atoms with van der Waals surface area (Å²) >= 11 is 0. The average molecular weight is 320 g/mol. The standard InChI is InChI=1S/C15H20N4O2S/c20-22(15-4-2-1-3-5-15)9-7-18-6-8-21-14(10-18)11-19-13-16-12-17-19/h1-5,12-14H,6-11H2/t14-,22-/m1/s1. The predicted octanol–water partition coefficient (Wildman–Crippen LogP) is 0.787. The van der Waals surface area contributed by atoms with Crippen molar-refractivity contribution >= 4 is 10.8 Å². The number of aromatic nitrogens is 3. The molecule has 0 saturated carbocycles. The van der Waals surface area contributed by atoms with Gasteiger partial charge in [0.15, 0.2) is 0 Å². The number of morpholine rings is 1. The van der Waals surface area contributed by atoms with Crippen molar-refractivity contribution in [3.8, 4) is 0 Å². The Morgan fingerprint density at radius 2 is 2.18 bits per heavy atom. The first kappa shape index (κ1) is 15.3. The fourth-order valence-electron chi connectivity index (χ4n) is 2.53. The molecule has 0 radical (unpaired) electrons. The van der Waals surface area contributed by atoms with Crippen molar-refractivity contribution in [2.45, 2.75) is 17.5 Å². The molecule has 2 atom stereocenters. The van der Waals surface area contributed by atoms with Crippen LogP contribution in [0.4, 0.5) is 0 Å². The van der Waals surface area contributed by atoms with Gasteiger partial charge in [0.05, 0.1) is 30.1 Å². The monoisotopic (exact) mass is 320 g/mol. The Bertz CT molecular complexity index is 591. The van der Waals surface area contributed by atoms with Gasteiger partial charge in [-0.1, -0.05) is 18.2 Å². The van der Waals surface area contributed by atoms with Gasteiger partial charge in [-0.15, -0.1) is 0 Å². The molecule has 1 fully saturated rings. The van der Waals surface area contributed by atoms with E-state index >= 15 is 0 Å². The first-order valence-electron chi connectivity index (χ1n) is 7.41. The Kier molecular flexibility index (Phi) is 5.31. The minimum absolute atomic E-state index is 0.112. The highest BCUT2D eigenvalue weighted by atomic mass is 32.2. The molecule has 0 spiro atoms. The third-order valence-corrected chi connectivity index (χ3v) is 5.03. The third-order valence-electron chi connectivity index (χ3n) is 3.68.